The van der Waals surface area contributed by atoms with E-state index in [-0.39, 0.29) is 0 Å². The van der Waals surface area contributed by atoms with Gasteiger partial charge in [-0.1, -0.05) is 46.4 Å². The molecule has 0 aromatic carbocycles. The van der Waals surface area contributed by atoms with Gasteiger partial charge in [0.25, 0.3) is 0 Å². The third kappa shape index (κ3) is 18.2. The van der Waals surface area contributed by atoms with Crippen LogP contribution in [0, 0.1) is 0 Å². The molecule has 0 aliphatic carbocycles. The normalized spacial score (nSPS) is 9.23. The zero-order chi connectivity index (χ0) is 11.1. The van der Waals surface area contributed by atoms with Crippen molar-refractivity contribution in [2.75, 3.05) is 7.11 Å². The number of methoxy groups -OCH3 is 1. The van der Waals surface area contributed by atoms with Gasteiger partial charge in [-0.25, -0.2) is 0 Å². The molecule has 0 N–H and O–H groups in total. The Morgan fingerprint density at radius 1 is 1.15 bits per heavy atom. The highest BCUT2D eigenvalue weighted by atomic mass is 16.5. The lowest BCUT2D eigenvalue weighted by Gasteiger charge is -1.95. The Labute approximate surface area is 83.8 Å². The fourth-order valence-corrected chi connectivity index (χ4v) is 0.445. The molecule has 0 unspecified atom stereocenters. The minimum Gasteiger partial charge on any atom is -0.497 e. The first-order valence-electron chi connectivity index (χ1n) is 4.84. The lowest BCUT2D eigenvalue weighted by atomic mass is 10.4. The highest BCUT2D eigenvalue weighted by Gasteiger charge is 1.80. The predicted molar refractivity (Wildman–Crippen MR) is 62.8 cm³/mol. The van der Waals surface area contributed by atoms with Crippen LogP contribution in [0.3, 0.4) is 0 Å². The average Bonchev–Trinajstić information content (AvgIpc) is 2.25. The van der Waals surface area contributed by atoms with E-state index in [1.165, 1.54) is 0 Å². The van der Waals surface area contributed by atoms with Crippen LogP contribution in [0.1, 0.15) is 34.6 Å². The second-order valence-electron chi connectivity index (χ2n) is 1.49. The molecule has 0 saturated heterocycles. The van der Waals surface area contributed by atoms with Gasteiger partial charge in [0.05, 0.1) is 7.11 Å². The summed E-state index contributed by atoms with van der Waals surface area (Å²) in [7, 11) is 1.64. The molecule has 13 heavy (non-hydrogen) atoms. The molecule has 0 rings (SSSR count). The Bertz CT molecular complexity index is 132. The van der Waals surface area contributed by atoms with E-state index in [0.29, 0.717) is 0 Å². The van der Waals surface area contributed by atoms with Crippen molar-refractivity contribution in [1.29, 1.82) is 0 Å². The van der Waals surface area contributed by atoms with Crippen molar-refractivity contribution in [2.45, 2.75) is 34.6 Å². The molecule has 0 radical (unpaired) electrons. The van der Waals surface area contributed by atoms with Crippen molar-refractivity contribution in [3.63, 3.8) is 0 Å². The SMILES string of the molecule is C=C/C=C\C(=C/C)OC.CC.CC. The van der Waals surface area contributed by atoms with Gasteiger partial charge in [-0.15, -0.1) is 0 Å². The summed E-state index contributed by atoms with van der Waals surface area (Å²) in [4.78, 5) is 0. The Morgan fingerprint density at radius 3 is 1.85 bits per heavy atom. The molecule has 0 fully saturated rings. The summed E-state index contributed by atoms with van der Waals surface area (Å²) < 4.78 is 4.93. The first-order valence-corrected chi connectivity index (χ1v) is 4.84. The van der Waals surface area contributed by atoms with Crippen LogP contribution in [0.15, 0.2) is 36.6 Å². The lowest BCUT2D eigenvalue weighted by molar-refractivity contribution is 0.306. The van der Waals surface area contributed by atoms with Crippen LogP contribution in [-0.4, -0.2) is 7.11 Å². The van der Waals surface area contributed by atoms with Crippen LogP contribution in [0.5, 0.6) is 0 Å². The van der Waals surface area contributed by atoms with Crippen LogP contribution >= 0.6 is 0 Å². The maximum absolute atomic E-state index is 4.93. The summed E-state index contributed by atoms with van der Waals surface area (Å²) in [5.41, 5.74) is 0. The average molecular weight is 184 g/mol. The van der Waals surface area contributed by atoms with Crippen molar-refractivity contribution in [2.24, 2.45) is 0 Å². The molecule has 0 aliphatic heterocycles. The summed E-state index contributed by atoms with van der Waals surface area (Å²) in [6.07, 6.45) is 7.29. The molecular formula is C12H24O. The van der Waals surface area contributed by atoms with Gasteiger partial charge in [-0.2, -0.15) is 0 Å². The Hall–Kier alpha value is -0.980. The highest BCUT2D eigenvalue weighted by molar-refractivity contribution is 5.14. The number of ether oxygens (including phenoxy) is 1. The molecule has 78 valence electrons. The number of allylic oxidation sites excluding steroid dienone is 4. The molecule has 0 amide bonds. The molecule has 0 aliphatic rings. The van der Waals surface area contributed by atoms with Gasteiger partial charge in [-0.3, -0.25) is 0 Å². The second-order valence-corrected chi connectivity index (χ2v) is 1.49. The standard InChI is InChI=1S/C8H12O.2C2H6/c1-4-6-7-8(5-2)9-3;2*1-2/h4-7H,1H2,2-3H3;2*1-2H3/b7-6-,8-5+;;. The van der Waals surface area contributed by atoms with E-state index in [2.05, 4.69) is 6.58 Å². The second kappa shape index (κ2) is 22.5. The van der Waals surface area contributed by atoms with Crippen LogP contribution in [0.4, 0.5) is 0 Å². The minimum absolute atomic E-state index is 0.856. The lowest BCUT2D eigenvalue weighted by Crippen LogP contribution is -1.77. The summed E-state index contributed by atoms with van der Waals surface area (Å²) in [6, 6.07) is 0. The van der Waals surface area contributed by atoms with E-state index in [9.17, 15) is 0 Å². The first kappa shape index (κ1) is 17.9. The van der Waals surface area contributed by atoms with E-state index in [1.54, 1.807) is 13.2 Å². The molecule has 1 nitrogen and oxygen atoms in total. The summed E-state index contributed by atoms with van der Waals surface area (Å²) in [5, 5.41) is 0. The van der Waals surface area contributed by atoms with E-state index in [4.69, 9.17) is 4.74 Å². The van der Waals surface area contributed by atoms with E-state index in [0.717, 1.165) is 5.76 Å². The quantitative estimate of drug-likeness (QED) is 0.468. The van der Waals surface area contributed by atoms with Crippen molar-refractivity contribution >= 4 is 0 Å². The van der Waals surface area contributed by atoms with E-state index >= 15 is 0 Å². The predicted octanol–water partition coefficient (Wildman–Crippen LogP) is 4.33. The fraction of sp³-hybridized carbons (Fsp3) is 0.500. The van der Waals surface area contributed by atoms with Gasteiger partial charge in [0.15, 0.2) is 0 Å². The van der Waals surface area contributed by atoms with Crippen LogP contribution < -0.4 is 0 Å². The van der Waals surface area contributed by atoms with Gasteiger partial charge in [-0.05, 0) is 19.1 Å². The maximum atomic E-state index is 4.93. The van der Waals surface area contributed by atoms with Crippen molar-refractivity contribution in [1.82, 2.24) is 0 Å². The summed E-state index contributed by atoms with van der Waals surface area (Å²) >= 11 is 0. The smallest absolute Gasteiger partial charge is 0.114 e. The maximum Gasteiger partial charge on any atom is 0.114 e. The summed E-state index contributed by atoms with van der Waals surface area (Å²) in [5.74, 6) is 0.856. The Balaban J connectivity index is -0.000000218. The van der Waals surface area contributed by atoms with Crippen molar-refractivity contribution in [3.8, 4) is 0 Å². The van der Waals surface area contributed by atoms with Crippen LogP contribution in [0.25, 0.3) is 0 Å². The third-order valence-electron chi connectivity index (χ3n) is 0.917. The van der Waals surface area contributed by atoms with Gasteiger partial charge in [0, 0.05) is 0 Å². The molecule has 0 bridgehead atoms. The Kier molecular flexibility index (Phi) is 31.0. The van der Waals surface area contributed by atoms with Crippen molar-refractivity contribution < 1.29 is 4.74 Å². The van der Waals surface area contributed by atoms with E-state index < -0.39 is 0 Å². The van der Waals surface area contributed by atoms with Gasteiger partial charge < -0.3 is 4.74 Å². The Morgan fingerprint density at radius 2 is 1.62 bits per heavy atom. The third-order valence-corrected chi connectivity index (χ3v) is 0.917. The molecule has 0 aromatic heterocycles. The molecule has 0 saturated carbocycles. The minimum atomic E-state index is 0.856. The first-order chi connectivity index (χ1) is 6.35. The van der Waals surface area contributed by atoms with Gasteiger partial charge >= 0.3 is 0 Å². The zero-order valence-electron chi connectivity index (χ0n) is 9.92. The molecule has 1 heteroatoms. The van der Waals surface area contributed by atoms with Crippen LogP contribution in [-0.2, 0) is 4.74 Å². The fourth-order valence-electron chi connectivity index (χ4n) is 0.445. The monoisotopic (exact) mass is 184 g/mol. The zero-order valence-corrected chi connectivity index (χ0v) is 9.92. The highest BCUT2D eigenvalue weighted by Crippen LogP contribution is 1.95. The topological polar surface area (TPSA) is 9.23 Å². The molecule has 0 aromatic rings. The number of hydrogen-bond donors (Lipinski definition) is 0. The number of rotatable bonds is 3. The molecule has 0 atom stereocenters. The summed E-state index contributed by atoms with van der Waals surface area (Å²) in [6.45, 7) is 13.5. The van der Waals surface area contributed by atoms with E-state index in [1.807, 2.05) is 52.8 Å². The molecule has 0 heterocycles. The molecule has 0 spiro atoms. The largest absolute Gasteiger partial charge is 0.497 e. The molecular weight excluding hydrogens is 160 g/mol. The van der Waals surface area contributed by atoms with Gasteiger partial charge in [0.1, 0.15) is 5.76 Å². The van der Waals surface area contributed by atoms with Crippen LogP contribution in [0.2, 0.25) is 0 Å². The number of hydrogen-bond acceptors (Lipinski definition) is 1. The van der Waals surface area contributed by atoms with Gasteiger partial charge in [0.2, 0.25) is 0 Å². The van der Waals surface area contributed by atoms with Crippen molar-refractivity contribution in [3.05, 3.63) is 36.6 Å².